The number of carbonyl (C=O) groups excluding carboxylic acids is 2. The number of hydrogen-bond donors (Lipinski definition) is 1. The highest BCUT2D eigenvalue weighted by Gasteiger charge is 2.28. The average molecular weight is 351 g/mol. The summed E-state index contributed by atoms with van der Waals surface area (Å²) < 4.78 is 26.6. The summed E-state index contributed by atoms with van der Waals surface area (Å²) in [6.45, 7) is 2.41. The molecule has 1 unspecified atom stereocenters. The van der Waals surface area contributed by atoms with Crippen LogP contribution in [-0.4, -0.2) is 54.3 Å². The molecule has 2 saturated heterocycles. The van der Waals surface area contributed by atoms with Crippen LogP contribution in [0.2, 0.25) is 0 Å². The molecule has 25 heavy (non-hydrogen) atoms. The molecule has 0 spiro atoms. The van der Waals surface area contributed by atoms with E-state index in [9.17, 15) is 18.4 Å². The van der Waals surface area contributed by atoms with Gasteiger partial charge in [-0.2, -0.15) is 0 Å². The van der Waals surface area contributed by atoms with Crippen LogP contribution in [0.5, 0.6) is 0 Å². The van der Waals surface area contributed by atoms with Gasteiger partial charge in [0, 0.05) is 19.1 Å². The molecule has 136 valence electrons. The van der Waals surface area contributed by atoms with Crippen molar-refractivity contribution in [3.05, 3.63) is 35.4 Å². The molecule has 0 bridgehead atoms. The number of likely N-dealkylation sites (tertiary alicyclic amines) is 2. The highest BCUT2D eigenvalue weighted by molar-refractivity contribution is 5.85. The highest BCUT2D eigenvalue weighted by Crippen LogP contribution is 2.32. The van der Waals surface area contributed by atoms with Crippen LogP contribution < -0.4 is 5.32 Å². The number of rotatable bonds is 5. The highest BCUT2D eigenvalue weighted by atomic mass is 19.2. The molecule has 0 radical (unpaired) electrons. The molecule has 1 aromatic rings. The first kappa shape index (κ1) is 17.8. The van der Waals surface area contributed by atoms with Gasteiger partial charge in [-0.15, -0.1) is 0 Å². The maximum absolute atomic E-state index is 13.5. The molecule has 0 saturated carbocycles. The van der Waals surface area contributed by atoms with Crippen molar-refractivity contribution in [1.82, 2.24) is 15.1 Å². The maximum atomic E-state index is 13.5. The van der Waals surface area contributed by atoms with Gasteiger partial charge in [-0.25, -0.2) is 8.78 Å². The molecule has 5 nitrogen and oxygen atoms in total. The third kappa shape index (κ3) is 4.34. The number of amides is 2. The van der Waals surface area contributed by atoms with Crippen LogP contribution in [0.3, 0.4) is 0 Å². The Morgan fingerprint density at radius 1 is 1.08 bits per heavy atom. The lowest BCUT2D eigenvalue weighted by atomic mass is 10.0. The molecule has 3 rings (SSSR count). The van der Waals surface area contributed by atoms with Gasteiger partial charge in [0.15, 0.2) is 11.6 Å². The quantitative estimate of drug-likeness (QED) is 0.881. The maximum Gasteiger partial charge on any atom is 0.241 e. The Morgan fingerprint density at radius 3 is 2.56 bits per heavy atom. The van der Waals surface area contributed by atoms with Crippen molar-refractivity contribution in [2.75, 3.05) is 32.7 Å². The van der Waals surface area contributed by atoms with Gasteiger partial charge in [-0.05, 0) is 49.9 Å². The fourth-order valence-corrected chi connectivity index (χ4v) is 3.61. The SMILES string of the molecule is O=C(CN1CCCC1c1ccc(F)c(F)c1)NCC(=O)N1CCCC1. The minimum absolute atomic E-state index is 0.0164. The number of nitrogens with one attached hydrogen (secondary N) is 1. The van der Waals surface area contributed by atoms with Gasteiger partial charge in [0.2, 0.25) is 11.8 Å². The van der Waals surface area contributed by atoms with Crippen LogP contribution in [-0.2, 0) is 9.59 Å². The van der Waals surface area contributed by atoms with Crippen LogP contribution in [0.15, 0.2) is 18.2 Å². The van der Waals surface area contributed by atoms with Gasteiger partial charge < -0.3 is 10.2 Å². The molecule has 2 fully saturated rings. The Labute approximate surface area is 146 Å². The molecular formula is C18H23F2N3O2. The number of hydrogen-bond acceptors (Lipinski definition) is 3. The monoisotopic (exact) mass is 351 g/mol. The van der Waals surface area contributed by atoms with Crippen molar-refractivity contribution in [1.29, 1.82) is 0 Å². The molecule has 0 aliphatic carbocycles. The second-order valence-electron chi connectivity index (χ2n) is 6.67. The molecule has 1 N–H and O–H groups in total. The van der Waals surface area contributed by atoms with Crippen molar-refractivity contribution in [3.8, 4) is 0 Å². The first-order valence-electron chi connectivity index (χ1n) is 8.78. The molecule has 2 amide bonds. The Morgan fingerprint density at radius 2 is 1.84 bits per heavy atom. The number of halogens is 2. The van der Waals surface area contributed by atoms with E-state index in [1.54, 1.807) is 11.0 Å². The van der Waals surface area contributed by atoms with Crippen molar-refractivity contribution in [2.45, 2.75) is 31.7 Å². The first-order chi connectivity index (χ1) is 12.0. The van der Waals surface area contributed by atoms with Gasteiger partial charge in [0.1, 0.15) is 0 Å². The summed E-state index contributed by atoms with van der Waals surface area (Å²) in [6, 6.07) is 3.79. The van der Waals surface area contributed by atoms with E-state index in [0.29, 0.717) is 5.56 Å². The van der Waals surface area contributed by atoms with E-state index < -0.39 is 11.6 Å². The minimum atomic E-state index is -0.870. The van der Waals surface area contributed by atoms with Gasteiger partial charge in [-0.3, -0.25) is 14.5 Å². The van der Waals surface area contributed by atoms with Gasteiger partial charge in [-0.1, -0.05) is 6.07 Å². The average Bonchev–Trinajstić information content (AvgIpc) is 3.27. The van der Waals surface area contributed by atoms with Crippen molar-refractivity contribution < 1.29 is 18.4 Å². The lowest BCUT2D eigenvalue weighted by Crippen LogP contribution is -2.42. The van der Waals surface area contributed by atoms with Crippen molar-refractivity contribution >= 4 is 11.8 Å². The lowest BCUT2D eigenvalue weighted by Gasteiger charge is -2.24. The van der Waals surface area contributed by atoms with E-state index >= 15 is 0 Å². The normalized spacial score (nSPS) is 20.9. The Balaban J connectivity index is 1.52. The molecule has 0 aromatic heterocycles. The lowest BCUT2D eigenvalue weighted by molar-refractivity contribution is -0.132. The Bertz CT molecular complexity index is 647. The molecule has 1 aromatic carbocycles. The topological polar surface area (TPSA) is 52.7 Å². The zero-order chi connectivity index (χ0) is 17.8. The minimum Gasteiger partial charge on any atom is -0.346 e. The van der Waals surface area contributed by atoms with E-state index in [2.05, 4.69) is 5.32 Å². The van der Waals surface area contributed by atoms with Crippen LogP contribution in [0.1, 0.15) is 37.3 Å². The summed E-state index contributed by atoms with van der Waals surface area (Å²) in [4.78, 5) is 27.8. The smallest absolute Gasteiger partial charge is 0.241 e. The summed E-state index contributed by atoms with van der Waals surface area (Å²) >= 11 is 0. The number of nitrogens with zero attached hydrogens (tertiary/aromatic N) is 2. The Hall–Kier alpha value is -2.02. The van der Waals surface area contributed by atoms with Crippen LogP contribution in [0.25, 0.3) is 0 Å². The third-order valence-electron chi connectivity index (χ3n) is 4.93. The molecule has 2 aliphatic rings. The molecule has 1 atom stereocenters. The van der Waals surface area contributed by atoms with E-state index in [1.807, 2.05) is 4.90 Å². The summed E-state index contributed by atoms with van der Waals surface area (Å²) in [5, 5.41) is 2.67. The summed E-state index contributed by atoms with van der Waals surface area (Å²) in [6.07, 6.45) is 3.72. The van der Waals surface area contributed by atoms with E-state index in [1.165, 1.54) is 6.07 Å². The van der Waals surface area contributed by atoms with Crippen LogP contribution in [0, 0.1) is 11.6 Å². The molecule has 2 aliphatic heterocycles. The predicted molar refractivity (Wildman–Crippen MR) is 88.7 cm³/mol. The van der Waals surface area contributed by atoms with Crippen LogP contribution >= 0.6 is 0 Å². The molecule has 2 heterocycles. The standard InChI is InChI=1S/C18H23F2N3O2/c19-14-6-5-13(10-15(14)20)16-4-3-9-23(16)12-17(24)21-11-18(25)22-7-1-2-8-22/h5-6,10,16H,1-4,7-9,11-12H2,(H,21,24). The summed E-state index contributed by atoms with van der Waals surface area (Å²) in [7, 11) is 0. The second kappa shape index (κ2) is 7.91. The largest absolute Gasteiger partial charge is 0.346 e. The summed E-state index contributed by atoms with van der Waals surface area (Å²) in [5.41, 5.74) is 0.678. The van der Waals surface area contributed by atoms with Gasteiger partial charge >= 0.3 is 0 Å². The Kier molecular flexibility index (Phi) is 5.63. The fraction of sp³-hybridized carbons (Fsp3) is 0.556. The molecule has 7 heteroatoms. The number of benzene rings is 1. The first-order valence-corrected chi connectivity index (χ1v) is 8.78. The van der Waals surface area contributed by atoms with Crippen LogP contribution in [0.4, 0.5) is 8.78 Å². The zero-order valence-corrected chi connectivity index (χ0v) is 14.1. The summed E-state index contributed by atoms with van der Waals surface area (Å²) in [5.74, 6) is -2.01. The predicted octanol–water partition coefficient (Wildman–Crippen LogP) is 1.84. The third-order valence-corrected chi connectivity index (χ3v) is 4.93. The van der Waals surface area contributed by atoms with E-state index in [4.69, 9.17) is 0 Å². The van der Waals surface area contributed by atoms with E-state index in [-0.39, 0.29) is 30.9 Å². The second-order valence-corrected chi connectivity index (χ2v) is 6.67. The fourth-order valence-electron chi connectivity index (χ4n) is 3.61. The van der Waals surface area contributed by atoms with Gasteiger partial charge in [0.05, 0.1) is 13.1 Å². The zero-order valence-electron chi connectivity index (χ0n) is 14.1. The molecular weight excluding hydrogens is 328 g/mol. The van der Waals surface area contributed by atoms with Gasteiger partial charge in [0.25, 0.3) is 0 Å². The number of carbonyl (C=O) groups is 2. The van der Waals surface area contributed by atoms with Crippen molar-refractivity contribution in [3.63, 3.8) is 0 Å². The van der Waals surface area contributed by atoms with Crippen molar-refractivity contribution in [2.24, 2.45) is 0 Å². The van der Waals surface area contributed by atoms with E-state index in [0.717, 1.165) is 51.4 Å².